The van der Waals surface area contributed by atoms with Gasteiger partial charge in [0.2, 0.25) is 0 Å². The number of alkyl halides is 2. The molecule has 0 nitrogen and oxygen atoms in total. The third-order valence-electron chi connectivity index (χ3n) is 3.47. The minimum atomic E-state index is 0.550. The molecule has 0 saturated heterocycles. The Hall–Kier alpha value is -0.980. The van der Waals surface area contributed by atoms with Gasteiger partial charge in [0, 0.05) is 11.8 Å². The number of hydrogen-bond donors (Lipinski definition) is 0. The highest BCUT2D eigenvalue weighted by atomic mass is 35.5. The van der Waals surface area contributed by atoms with E-state index in [9.17, 15) is 0 Å². The molecule has 2 rings (SSSR count). The second-order valence-electron chi connectivity index (χ2n) is 4.45. The van der Waals surface area contributed by atoms with Gasteiger partial charge in [0.25, 0.3) is 0 Å². The highest BCUT2D eigenvalue weighted by Gasteiger charge is 2.09. The molecular weight excluding hydrogens is 263 g/mol. The fourth-order valence-electron chi connectivity index (χ4n) is 2.24. The zero-order chi connectivity index (χ0) is 13.1. The van der Waals surface area contributed by atoms with Gasteiger partial charge in [-0.2, -0.15) is 0 Å². The van der Waals surface area contributed by atoms with Crippen molar-refractivity contribution in [1.82, 2.24) is 0 Å². The maximum absolute atomic E-state index is 5.97. The van der Waals surface area contributed by atoms with Crippen LogP contribution in [0.15, 0.2) is 36.4 Å². The van der Waals surface area contributed by atoms with E-state index in [1.807, 2.05) is 0 Å². The van der Waals surface area contributed by atoms with Crippen LogP contribution in [0.5, 0.6) is 0 Å². The maximum atomic E-state index is 5.97. The van der Waals surface area contributed by atoms with Gasteiger partial charge in [-0.05, 0) is 47.2 Å². The summed E-state index contributed by atoms with van der Waals surface area (Å²) in [5, 5.41) is 0. The molecule has 0 unspecified atom stereocenters. The molecule has 0 heterocycles. The van der Waals surface area contributed by atoms with Crippen molar-refractivity contribution in [2.75, 3.05) is 0 Å². The van der Waals surface area contributed by atoms with Gasteiger partial charge in [0.1, 0.15) is 0 Å². The van der Waals surface area contributed by atoms with Crippen molar-refractivity contribution in [3.8, 4) is 11.1 Å². The number of rotatable bonds is 3. The predicted octanol–water partition coefficient (Wildman–Crippen LogP) is 5.45. The zero-order valence-corrected chi connectivity index (χ0v) is 12.1. The molecular formula is C16H16Cl2. The molecule has 0 aliphatic heterocycles. The van der Waals surface area contributed by atoms with E-state index in [1.165, 1.54) is 33.4 Å². The fourth-order valence-corrected chi connectivity index (χ4v) is 2.82. The van der Waals surface area contributed by atoms with Crippen LogP contribution < -0.4 is 0 Å². The summed E-state index contributed by atoms with van der Waals surface area (Å²) < 4.78 is 0. The molecule has 0 aliphatic rings. The second-order valence-corrected chi connectivity index (χ2v) is 4.98. The first kappa shape index (κ1) is 13.5. The summed E-state index contributed by atoms with van der Waals surface area (Å²) in [5.41, 5.74) is 7.37. The lowest BCUT2D eigenvalue weighted by Crippen LogP contribution is -1.94. The van der Waals surface area contributed by atoms with Crippen LogP contribution in [0.2, 0.25) is 0 Å². The minimum absolute atomic E-state index is 0.550. The first-order valence-corrected chi connectivity index (χ1v) is 7.05. The molecule has 0 fully saturated rings. The van der Waals surface area contributed by atoms with Gasteiger partial charge >= 0.3 is 0 Å². The highest BCUT2D eigenvalue weighted by Crippen LogP contribution is 2.31. The first-order valence-electron chi connectivity index (χ1n) is 5.98. The maximum Gasteiger partial charge on any atom is 0.0476 e. The topological polar surface area (TPSA) is 0 Å². The number of hydrogen-bond acceptors (Lipinski definition) is 0. The molecule has 0 atom stereocenters. The van der Waals surface area contributed by atoms with E-state index in [-0.39, 0.29) is 0 Å². The molecule has 0 aromatic heterocycles. The van der Waals surface area contributed by atoms with E-state index in [0.29, 0.717) is 11.8 Å². The van der Waals surface area contributed by atoms with E-state index in [4.69, 9.17) is 23.2 Å². The Bertz CT molecular complexity index is 508. The third kappa shape index (κ3) is 2.41. The third-order valence-corrected chi connectivity index (χ3v) is 4.05. The van der Waals surface area contributed by atoms with Crippen LogP contribution in [0, 0.1) is 13.8 Å². The summed E-state index contributed by atoms with van der Waals surface area (Å²) in [6, 6.07) is 12.6. The van der Waals surface area contributed by atoms with Gasteiger partial charge in [-0.3, -0.25) is 0 Å². The van der Waals surface area contributed by atoms with E-state index in [1.54, 1.807) is 0 Å². The lowest BCUT2D eigenvalue weighted by Gasteiger charge is -2.14. The Balaban J connectivity index is 2.62. The summed E-state index contributed by atoms with van der Waals surface area (Å²) in [6.45, 7) is 4.25. The molecule has 2 aromatic carbocycles. The highest BCUT2D eigenvalue weighted by molar-refractivity contribution is 6.17. The van der Waals surface area contributed by atoms with E-state index >= 15 is 0 Å². The van der Waals surface area contributed by atoms with Crippen LogP contribution in [0.1, 0.15) is 22.3 Å². The van der Waals surface area contributed by atoms with Crippen LogP contribution in [0.4, 0.5) is 0 Å². The smallest absolute Gasteiger partial charge is 0.0476 e. The Morgan fingerprint density at radius 2 is 1.11 bits per heavy atom. The van der Waals surface area contributed by atoms with Crippen molar-refractivity contribution in [3.63, 3.8) is 0 Å². The predicted molar refractivity (Wildman–Crippen MR) is 80.5 cm³/mol. The van der Waals surface area contributed by atoms with Gasteiger partial charge in [0.15, 0.2) is 0 Å². The molecule has 2 aromatic rings. The molecule has 0 spiro atoms. The molecule has 0 aliphatic carbocycles. The van der Waals surface area contributed by atoms with Crippen LogP contribution in [0.3, 0.4) is 0 Å². The lowest BCUT2D eigenvalue weighted by molar-refractivity contribution is 1.27. The minimum Gasteiger partial charge on any atom is -0.122 e. The van der Waals surface area contributed by atoms with Crippen LogP contribution in [0.25, 0.3) is 11.1 Å². The normalized spacial score (nSPS) is 10.7. The molecule has 0 radical (unpaired) electrons. The van der Waals surface area contributed by atoms with Crippen molar-refractivity contribution in [3.05, 3.63) is 58.7 Å². The van der Waals surface area contributed by atoms with Gasteiger partial charge in [-0.25, -0.2) is 0 Å². The molecule has 0 saturated carbocycles. The standard InChI is InChI=1S/C16H16Cl2/c1-11-13(9-17)5-3-7-15(11)16-8-4-6-14(10-18)12(16)2/h3-8H,9-10H2,1-2H3. The van der Waals surface area contributed by atoms with Gasteiger partial charge in [0.05, 0.1) is 0 Å². The van der Waals surface area contributed by atoms with Gasteiger partial charge in [-0.15, -0.1) is 23.2 Å². The van der Waals surface area contributed by atoms with Crippen molar-refractivity contribution >= 4 is 23.2 Å². The Kier molecular flexibility index (Phi) is 4.31. The quantitative estimate of drug-likeness (QED) is 0.655. The first-order chi connectivity index (χ1) is 8.69. The molecule has 2 heteroatoms. The summed E-state index contributed by atoms with van der Waals surface area (Å²) in [7, 11) is 0. The Morgan fingerprint density at radius 3 is 1.44 bits per heavy atom. The Morgan fingerprint density at radius 1 is 0.722 bits per heavy atom. The Labute approximate surface area is 119 Å². The zero-order valence-electron chi connectivity index (χ0n) is 10.6. The van der Waals surface area contributed by atoms with Crippen molar-refractivity contribution in [1.29, 1.82) is 0 Å². The van der Waals surface area contributed by atoms with Crippen LogP contribution in [-0.4, -0.2) is 0 Å². The summed E-state index contributed by atoms with van der Waals surface area (Å²) >= 11 is 11.9. The molecule has 94 valence electrons. The van der Waals surface area contributed by atoms with E-state index in [0.717, 1.165) is 0 Å². The second kappa shape index (κ2) is 5.77. The van der Waals surface area contributed by atoms with Crippen molar-refractivity contribution < 1.29 is 0 Å². The van der Waals surface area contributed by atoms with Crippen LogP contribution in [-0.2, 0) is 11.8 Å². The van der Waals surface area contributed by atoms with E-state index < -0.39 is 0 Å². The molecule has 0 N–H and O–H groups in total. The summed E-state index contributed by atoms with van der Waals surface area (Å²) in [4.78, 5) is 0. The van der Waals surface area contributed by atoms with Crippen LogP contribution >= 0.6 is 23.2 Å². The summed E-state index contributed by atoms with van der Waals surface area (Å²) in [5.74, 6) is 1.10. The van der Waals surface area contributed by atoms with Gasteiger partial charge < -0.3 is 0 Å². The van der Waals surface area contributed by atoms with E-state index in [2.05, 4.69) is 50.2 Å². The summed E-state index contributed by atoms with van der Waals surface area (Å²) in [6.07, 6.45) is 0. The number of benzene rings is 2. The molecule has 0 bridgehead atoms. The monoisotopic (exact) mass is 278 g/mol. The SMILES string of the molecule is Cc1c(CCl)cccc1-c1cccc(CCl)c1C. The largest absolute Gasteiger partial charge is 0.122 e. The van der Waals surface area contributed by atoms with Gasteiger partial charge in [-0.1, -0.05) is 36.4 Å². The lowest BCUT2D eigenvalue weighted by atomic mass is 9.92. The average molecular weight is 279 g/mol. The van der Waals surface area contributed by atoms with Crippen molar-refractivity contribution in [2.45, 2.75) is 25.6 Å². The molecule has 0 amide bonds. The fraction of sp³-hybridized carbons (Fsp3) is 0.250. The molecule has 18 heavy (non-hydrogen) atoms. The number of halogens is 2. The average Bonchev–Trinajstić information content (AvgIpc) is 2.40. The van der Waals surface area contributed by atoms with Crippen molar-refractivity contribution in [2.24, 2.45) is 0 Å².